The number of amides is 1. The summed E-state index contributed by atoms with van der Waals surface area (Å²) in [6.45, 7) is -0.841. The molecule has 0 bridgehead atoms. The lowest BCUT2D eigenvalue weighted by molar-refractivity contribution is -0.137. The van der Waals surface area contributed by atoms with E-state index in [0.29, 0.717) is 10.6 Å². The van der Waals surface area contributed by atoms with Crippen molar-refractivity contribution in [3.05, 3.63) is 95.0 Å². The maximum absolute atomic E-state index is 13.2. The number of nitrogens with zero attached hydrogens (tertiary/aromatic N) is 1. The van der Waals surface area contributed by atoms with Gasteiger partial charge in [-0.3, -0.25) is 4.79 Å². The third kappa shape index (κ3) is 5.87. The number of para-hydroxylation sites is 1. The maximum Gasteiger partial charge on any atom is 0.418 e. The van der Waals surface area contributed by atoms with Crippen LogP contribution in [-0.4, -0.2) is 25.2 Å². The van der Waals surface area contributed by atoms with Gasteiger partial charge in [-0.05, 0) is 42.0 Å². The molecule has 0 radical (unpaired) electrons. The van der Waals surface area contributed by atoms with Crippen LogP contribution < -0.4 is 5.32 Å². The van der Waals surface area contributed by atoms with E-state index in [0.717, 1.165) is 16.4 Å². The van der Waals surface area contributed by atoms with E-state index >= 15 is 0 Å². The van der Waals surface area contributed by atoms with Crippen LogP contribution in [0.3, 0.4) is 0 Å². The SMILES string of the molecule is O=C(CN(Cc1ccccc1)S(=O)(=O)c1ccc(Cl)cc1)Nc1ccccc1C(F)(F)F. The summed E-state index contributed by atoms with van der Waals surface area (Å²) in [7, 11) is -4.15. The number of carbonyl (C=O) groups is 1. The molecule has 0 aliphatic heterocycles. The van der Waals surface area contributed by atoms with Gasteiger partial charge in [0.15, 0.2) is 0 Å². The summed E-state index contributed by atoms with van der Waals surface area (Å²) >= 11 is 5.83. The molecule has 0 aromatic heterocycles. The van der Waals surface area contributed by atoms with Crippen LogP contribution in [0.2, 0.25) is 5.02 Å². The topological polar surface area (TPSA) is 66.5 Å². The highest BCUT2D eigenvalue weighted by Gasteiger charge is 2.34. The number of benzene rings is 3. The normalized spacial score (nSPS) is 12.0. The zero-order chi connectivity index (χ0) is 23.4. The van der Waals surface area contributed by atoms with Gasteiger partial charge in [0.1, 0.15) is 0 Å². The Morgan fingerprint density at radius 3 is 2.12 bits per heavy atom. The third-order valence-corrected chi connectivity index (χ3v) is 6.54. The molecular weight excluding hydrogens is 465 g/mol. The van der Waals surface area contributed by atoms with Crippen molar-refractivity contribution in [1.29, 1.82) is 0 Å². The first-order valence-electron chi connectivity index (χ1n) is 9.33. The van der Waals surface area contributed by atoms with E-state index < -0.39 is 39.9 Å². The molecule has 0 aliphatic rings. The quantitative estimate of drug-likeness (QED) is 0.504. The maximum atomic E-state index is 13.2. The van der Waals surface area contributed by atoms with Crippen molar-refractivity contribution in [1.82, 2.24) is 4.31 Å². The first-order valence-corrected chi connectivity index (χ1v) is 11.1. The first-order chi connectivity index (χ1) is 15.1. The van der Waals surface area contributed by atoms with Crippen LogP contribution in [0.25, 0.3) is 0 Å². The van der Waals surface area contributed by atoms with Crippen LogP contribution in [-0.2, 0) is 27.5 Å². The second-order valence-electron chi connectivity index (χ2n) is 6.80. The molecule has 32 heavy (non-hydrogen) atoms. The van der Waals surface area contributed by atoms with Gasteiger partial charge in [0, 0.05) is 11.6 Å². The summed E-state index contributed by atoms with van der Waals surface area (Å²) in [6, 6.07) is 18.4. The van der Waals surface area contributed by atoms with Gasteiger partial charge in [0.25, 0.3) is 0 Å². The van der Waals surface area contributed by atoms with Gasteiger partial charge in [-0.1, -0.05) is 54.1 Å². The zero-order valence-electron chi connectivity index (χ0n) is 16.5. The fraction of sp³-hybridized carbons (Fsp3) is 0.136. The number of halogens is 4. The number of sulfonamides is 1. The molecule has 5 nitrogen and oxygen atoms in total. The Morgan fingerprint density at radius 1 is 0.906 bits per heavy atom. The summed E-state index contributed by atoms with van der Waals surface area (Å²) in [4.78, 5) is 12.5. The molecule has 3 aromatic carbocycles. The van der Waals surface area contributed by atoms with Gasteiger partial charge in [-0.15, -0.1) is 0 Å². The number of alkyl halides is 3. The molecule has 1 amide bonds. The van der Waals surface area contributed by atoms with E-state index in [4.69, 9.17) is 11.6 Å². The molecule has 10 heteroatoms. The Bertz CT molecular complexity index is 1190. The predicted molar refractivity (Wildman–Crippen MR) is 116 cm³/mol. The van der Waals surface area contributed by atoms with E-state index in [1.54, 1.807) is 30.3 Å². The zero-order valence-corrected chi connectivity index (χ0v) is 18.1. The highest BCUT2D eigenvalue weighted by atomic mass is 35.5. The van der Waals surface area contributed by atoms with Gasteiger partial charge < -0.3 is 5.32 Å². The number of rotatable bonds is 7. The van der Waals surface area contributed by atoms with Crippen molar-refractivity contribution in [2.45, 2.75) is 17.6 Å². The van der Waals surface area contributed by atoms with E-state index in [1.165, 1.54) is 36.4 Å². The van der Waals surface area contributed by atoms with E-state index in [1.807, 2.05) is 0 Å². The van der Waals surface area contributed by atoms with Crippen LogP contribution >= 0.6 is 11.6 Å². The Kier molecular flexibility index (Phi) is 7.22. The van der Waals surface area contributed by atoms with Gasteiger partial charge in [0.2, 0.25) is 15.9 Å². The molecule has 3 rings (SSSR count). The highest BCUT2D eigenvalue weighted by Crippen LogP contribution is 2.34. The van der Waals surface area contributed by atoms with Crippen LogP contribution in [0.4, 0.5) is 18.9 Å². The number of nitrogens with one attached hydrogen (secondary N) is 1. The lowest BCUT2D eigenvalue weighted by atomic mass is 10.1. The number of hydrogen-bond acceptors (Lipinski definition) is 3. The number of anilines is 1. The molecule has 0 heterocycles. The van der Waals surface area contributed by atoms with E-state index in [2.05, 4.69) is 5.32 Å². The number of carbonyl (C=O) groups excluding carboxylic acids is 1. The molecule has 1 N–H and O–H groups in total. The van der Waals surface area contributed by atoms with Crippen LogP contribution in [0, 0.1) is 0 Å². The smallest absolute Gasteiger partial charge is 0.324 e. The average Bonchev–Trinajstić information content (AvgIpc) is 2.74. The Morgan fingerprint density at radius 2 is 1.50 bits per heavy atom. The molecule has 0 unspecified atom stereocenters. The second kappa shape index (κ2) is 9.72. The van der Waals surface area contributed by atoms with Crippen molar-refractivity contribution >= 4 is 33.2 Å². The minimum Gasteiger partial charge on any atom is -0.324 e. The van der Waals surface area contributed by atoms with Gasteiger partial charge >= 0.3 is 6.18 Å². The van der Waals surface area contributed by atoms with Crippen molar-refractivity contribution in [3.63, 3.8) is 0 Å². The fourth-order valence-corrected chi connectivity index (χ4v) is 4.47. The van der Waals surface area contributed by atoms with E-state index in [9.17, 15) is 26.4 Å². The third-order valence-electron chi connectivity index (χ3n) is 4.48. The summed E-state index contributed by atoms with van der Waals surface area (Å²) < 4.78 is 66.9. The molecule has 0 fully saturated rings. The van der Waals surface area contributed by atoms with E-state index in [-0.39, 0.29) is 11.4 Å². The van der Waals surface area contributed by atoms with Crippen molar-refractivity contribution in [2.75, 3.05) is 11.9 Å². The lowest BCUT2D eigenvalue weighted by Gasteiger charge is -2.22. The second-order valence-corrected chi connectivity index (χ2v) is 9.18. The number of hydrogen-bond donors (Lipinski definition) is 1. The lowest BCUT2D eigenvalue weighted by Crippen LogP contribution is -2.37. The summed E-state index contributed by atoms with van der Waals surface area (Å²) in [5.74, 6) is -0.907. The summed E-state index contributed by atoms with van der Waals surface area (Å²) in [5.41, 5.74) is -0.870. The summed E-state index contributed by atoms with van der Waals surface area (Å²) in [6.07, 6.45) is -4.68. The molecule has 168 valence electrons. The van der Waals surface area contributed by atoms with Crippen molar-refractivity contribution in [2.24, 2.45) is 0 Å². The predicted octanol–water partition coefficient (Wildman–Crippen LogP) is 5.19. The standard InChI is InChI=1S/C22H18ClF3N2O3S/c23-17-10-12-18(13-11-17)32(30,31)28(14-16-6-2-1-3-7-16)15-21(29)27-20-9-5-4-8-19(20)22(24,25)26/h1-13H,14-15H2,(H,27,29). The minimum atomic E-state index is -4.68. The molecule has 3 aromatic rings. The molecule has 0 aliphatic carbocycles. The van der Waals surface area contributed by atoms with Crippen molar-refractivity contribution < 1.29 is 26.4 Å². The average molecular weight is 483 g/mol. The van der Waals surface area contributed by atoms with Crippen molar-refractivity contribution in [3.8, 4) is 0 Å². The highest BCUT2D eigenvalue weighted by molar-refractivity contribution is 7.89. The fourth-order valence-electron chi connectivity index (χ4n) is 2.96. The minimum absolute atomic E-state index is 0.0960. The van der Waals surface area contributed by atoms with Gasteiger partial charge in [0.05, 0.1) is 22.7 Å². The first kappa shape index (κ1) is 23.8. The Labute approximate surface area is 188 Å². The summed E-state index contributed by atoms with van der Waals surface area (Å²) in [5, 5.41) is 2.51. The molecule has 0 saturated carbocycles. The van der Waals surface area contributed by atoms with Crippen LogP contribution in [0.5, 0.6) is 0 Å². The largest absolute Gasteiger partial charge is 0.418 e. The van der Waals surface area contributed by atoms with Crippen LogP contribution in [0.15, 0.2) is 83.8 Å². The van der Waals surface area contributed by atoms with Gasteiger partial charge in [-0.25, -0.2) is 8.42 Å². The molecular formula is C22H18ClF3N2O3S. The monoisotopic (exact) mass is 482 g/mol. The molecule has 0 spiro atoms. The molecule has 0 saturated heterocycles. The Balaban J connectivity index is 1.89. The van der Waals surface area contributed by atoms with Gasteiger partial charge in [-0.2, -0.15) is 17.5 Å². The Hall–Kier alpha value is -2.88. The van der Waals surface area contributed by atoms with Crippen LogP contribution in [0.1, 0.15) is 11.1 Å². The molecule has 0 atom stereocenters.